The van der Waals surface area contributed by atoms with Crippen molar-refractivity contribution in [1.82, 2.24) is 24.6 Å². The number of rotatable bonds is 6. The maximum absolute atomic E-state index is 11.2. The van der Waals surface area contributed by atoms with Gasteiger partial charge < -0.3 is 10.0 Å². The van der Waals surface area contributed by atoms with Gasteiger partial charge in [-0.1, -0.05) is 36.2 Å². The van der Waals surface area contributed by atoms with Crippen LogP contribution in [0, 0.1) is 23.2 Å². The van der Waals surface area contributed by atoms with Crippen molar-refractivity contribution >= 4 is 46.2 Å². The van der Waals surface area contributed by atoms with Gasteiger partial charge in [0.2, 0.25) is 0 Å². The molecule has 4 atom stereocenters. The van der Waals surface area contributed by atoms with Crippen LogP contribution in [0.2, 0.25) is 10.0 Å². The first-order chi connectivity index (χ1) is 18.2. The maximum Gasteiger partial charge on any atom is 0.303 e. The van der Waals surface area contributed by atoms with Crippen LogP contribution >= 0.6 is 23.2 Å². The molecule has 0 saturated carbocycles. The molecule has 1 N–H and O–H groups in total. The van der Waals surface area contributed by atoms with Crippen LogP contribution in [0.5, 0.6) is 0 Å². The largest absolute Gasteiger partial charge is 0.481 e. The fraction of sp³-hybridized carbons (Fsp3) is 0.519. The lowest BCUT2D eigenvalue weighted by Gasteiger charge is -2.45. The van der Waals surface area contributed by atoms with Crippen molar-refractivity contribution in [3.05, 3.63) is 45.7 Å². The molecule has 2 fully saturated rings. The first-order valence-corrected chi connectivity index (χ1v) is 13.8. The monoisotopic (exact) mass is 555 g/mol. The molecule has 4 heterocycles. The van der Waals surface area contributed by atoms with Crippen LogP contribution in [-0.2, 0) is 4.79 Å². The molecule has 1 aromatic carbocycles. The molecule has 0 amide bonds. The number of hydrogen-bond donors (Lipinski definition) is 1. The quantitative estimate of drug-likeness (QED) is 0.451. The number of nitriles is 1. The molecule has 38 heavy (non-hydrogen) atoms. The molecule has 0 radical (unpaired) electrons. The van der Waals surface area contributed by atoms with Crippen LogP contribution in [0.15, 0.2) is 24.4 Å². The summed E-state index contributed by atoms with van der Waals surface area (Å²) >= 11 is 12.6. The Hall–Kier alpha value is -2.93. The third-order valence-electron chi connectivity index (χ3n) is 7.94. The number of nitrogens with zero attached hydrogens (tertiary/aromatic N) is 7. The molecule has 2 aliphatic heterocycles. The van der Waals surface area contributed by atoms with Gasteiger partial charge in [-0.3, -0.25) is 9.69 Å². The Morgan fingerprint density at radius 3 is 2.79 bits per heavy atom. The minimum absolute atomic E-state index is 0.226. The van der Waals surface area contributed by atoms with E-state index in [1.165, 1.54) is 0 Å². The second kappa shape index (κ2) is 11.0. The second-order valence-electron chi connectivity index (χ2n) is 10.5. The van der Waals surface area contributed by atoms with Gasteiger partial charge in [-0.05, 0) is 62.3 Å². The first-order valence-electron chi connectivity index (χ1n) is 13.1. The molecule has 5 rings (SSSR count). The summed E-state index contributed by atoms with van der Waals surface area (Å²) in [6.07, 6.45) is 4.99. The molecule has 9 nitrogen and oxygen atoms in total. The van der Waals surface area contributed by atoms with Crippen molar-refractivity contribution in [2.24, 2.45) is 11.8 Å². The number of carboxylic acid groups (broad SMARTS) is 1. The Labute approximate surface area is 232 Å². The van der Waals surface area contributed by atoms with Crippen LogP contribution in [0.3, 0.4) is 0 Å². The fourth-order valence-electron chi connectivity index (χ4n) is 6.07. The zero-order valence-electron chi connectivity index (χ0n) is 21.5. The molecule has 0 unspecified atom stereocenters. The number of anilines is 1. The van der Waals surface area contributed by atoms with Gasteiger partial charge in [-0.2, -0.15) is 10.4 Å². The second-order valence-corrected chi connectivity index (χ2v) is 11.4. The number of halogens is 2. The van der Waals surface area contributed by atoms with E-state index in [-0.39, 0.29) is 24.1 Å². The number of likely N-dealkylation sites (tertiary alicyclic amines) is 1. The van der Waals surface area contributed by atoms with Crippen LogP contribution in [0.1, 0.15) is 56.8 Å². The zero-order valence-corrected chi connectivity index (χ0v) is 23.0. The highest BCUT2D eigenvalue weighted by atomic mass is 35.5. The van der Waals surface area contributed by atoms with Crippen LogP contribution in [0.4, 0.5) is 5.82 Å². The Bertz CT molecular complexity index is 1390. The molecule has 2 saturated heterocycles. The number of hydrogen-bond acceptors (Lipinski definition) is 7. The number of carbonyl (C=O) groups is 1. The first kappa shape index (κ1) is 26.7. The minimum Gasteiger partial charge on any atom is -0.481 e. The van der Waals surface area contributed by atoms with Crippen molar-refractivity contribution in [3.8, 4) is 6.07 Å². The number of aliphatic carboxylic acids is 1. The van der Waals surface area contributed by atoms with E-state index in [0.29, 0.717) is 33.2 Å². The van der Waals surface area contributed by atoms with E-state index in [4.69, 9.17) is 28.2 Å². The third kappa shape index (κ3) is 5.31. The summed E-state index contributed by atoms with van der Waals surface area (Å²) in [5.41, 5.74) is 2.06. The molecule has 0 spiro atoms. The van der Waals surface area contributed by atoms with Crippen molar-refractivity contribution in [3.63, 3.8) is 0 Å². The summed E-state index contributed by atoms with van der Waals surface area (Å²) in [6, 6.07) is 7.62. The van der Waals surface area contributed by atoms with Crippen molar-refractivity contribution in [2.45, 2.75) is 51.6 Å². The summed E-state index contributed by atoms with van der Waals surface area (Å²) < 4.78 is 1.71. The van der Waals surface area contributed by atoms with Gasteiger partial charge in [0.1, 0.15) is 17.4 Å². The van der Waals surface area contributed by atoms with E-state index in [2.05, 4.69) is 32.9 Å². The average Bonchev–Trinajstić information content (AvgIpc) is 3.26. The third-order valence-corrected chi connectivity index (χ3v) is 8.50. The highest BCUT2D eigenvalue weighted by Gasteiger charge is 2.34. The van der Waals surface area contributed by atoms with E-state index in [1.54, 1.807) is 23.0 Å². The highest BCUT2D eigenvalue weighted by molar-refractivity contribution is 6.35. The van der Waals surface area contributed by atoms with Crippen LogP contribution in [0.25, 0.3) is 11.2 Å². The topological polar surface area (TPSA) is 111 Å². The lowest BCUT2D eigenvalue weighted by atomic mass is 9.87. The Kier molecular flexibility index (Phi) is 7.75. The standard InChI is InChI=1S/C27H31Cl2N7O2/c1-16-14-35(9-7-23(16)34-8-3-4-18(15-34)10-25(37)38)24-13-31-26-22(12-30)33-36(27(26)32-24)17(2)20-6-5-19(28)11-21(20)29/h5-6,11,13,16-18,23H,3-4,7-10,14-15H2,1-2H3,(H,37,38)/t16-,17-,18+,23+/m1/s1. The van der Waals surface area contributed by atoms with E-state index >= 15 is 0 Å². The number of piperidine rings is 2. The summed E-state index contributed by atoms with van der Waals surface area (Å²) in [6.45, 7) is 7.75. The van der Waals surface area contributed by atoms with Crippen molar-refractivity contribution in [2.75, 3.05) is 31.1 Å². The summed E-state index contributed by atoms with van der Waals surface area (Å²) in [4.78, 5) is 25.5. The number of benzene rings is 1. The number of aromatic nitrogens is 4. The predicted octanol–water partition coefficient (Wildman–Crippen LogP) is 5.02. The summed E-state index contributed by atoms with van der Waals surface area (Å²) in [5, 5.41) is 24.5. The molecule has 0 bridgehead atoms. The minimum atomic E-state index is -0.708. The Morgan fingerprint density at radius 2 is 2.08 bits per heavy atom. The zero-order chi connectivity index (χ0) is 27.0. The molecule has 3 aromatic rings. The molecule has 2 aromatic heterocycles. The molecule has 11 heteroatoms. The summed E-state index contributed by atoms with van der Waals surface area (Å²) in [5.74, 6) is 0.659. The van der Waals surface area contributed by atoms with Crippen molar-refractivity contribution < 1.29 is 9.90 Å². The van der Waals surface area contributed by atoms with Gasteiger partial charge in [0, 0.05) is 42.1 Å². The van der Waals surface area contributed by atoms with E-state index in [1.807, 2.05) is 13.0 Å². The van der Waals surface area contributed by atoms with Gasteiger partial charge in [0.15, 0.2) is 11.3 Å². The predicted molar refractivity (Wildman–Crippen MR) is 147 cm³/mol. The number of carboxylic acids is 1. The molecule has 200 valence electrons. The maximum atomic E-state index is 11.2. The van der Waals surface area contributed by atoms with Crippen molar-refractivity contribution in [1.29, 1.82) is 5.26 Å². The fourth-order valence-corrected chi connectivity index (χ4v) is 6.63. The van der Waals surface area contributed by atoms with Gasteiger partial charge in [-0.15, -0.1) is 0 Å². The van der Waals surface area contributed by atoms with Gasteiger partial charge in [0.25, 0.3) is 0 Å². The van der Waals surface area contributed by atoms with E-state index in [0.717, 1.165) is 56.8 Å². The molecule has 2 aliphatic rings. The Morgan fingerprint density at radius 1 is 1.26 bits per heavy atom. The lowest BCUT2D eigenvalue weighted by molar-refractivity contribution is -0.138. The van der Waals surface area contributed by atoms with Crippen LogP contribution in [-0.4, -0.2) is 67.9 Å². The van der Waals surface area contributed by atoms with Crippen LogP contribution < -0.4 is 4.90 Å². The Balaban J connectivity index is 1.37. The smallest absolute Gasteiger partial charge is 0.303 e. The summed E-state index contributed by atoms with van der Waals surface area (Å²) in [7, 11) is 0. The SMILES string of the molecule is C[C@@H]1CN(c2cnc3c(C#N)nn([C@H](C)c4ccc(Cl)cc4Cl)c3n2)CC[C@@H]1N1CCC[C@@H](CC(=O)O)C1. The molecular formula is C27H31Cl2N7O2. The van der Waals surface area contributed by atoms with E-state index < -0.39 is 5.97 Å². The van der Waals surface area contributed by atoms with Gasteiger partial charge in [-0.25, -0.2) is 14.6 Å². The average molecular weight is 556 g/mol. The molecule has 0 aliphatic carbocycles. The normalized spacial score (nSPS) is 23.3. The molecular weight excluding hydrogens is 525 g/mol. The highest BCUT2D eigenvalue weighted by Crippen LogP contribution is 2.33. The van der Waals surface area contributed by atoms with E-state index in [9.17, 15) is 15.2 Å². The van der Waals surface area contributed by atoms with Gasteiger partial charge >= 0.3 is 5.97 Å². The lowest BCUT2D eigenvalue weighted by Crippen LogP contribution is -2.53. The van der Waals surface area contributed by atoms with Gasteiger partial charge in [0.05, 0.1) is 12.2 Å². The number of fused-ring (bicyclic) bond motifs is 1.